The number of nitrogens with zero attached hydrogens (tertiary/aromatic N) is 6. The molecule has 0 aromatic carbocycles. The van der Waals surface area contributed by atoms with E-state index in [-0.39, 0.29) is 11.9 Å². The number of carbonyl (C=O) groups excluding carboxylic acids is 1. The average molecular weight is 351 g/mol. The summed E-state index contributed by atoms with van der Waals surface area (Å²) >= 11 is 0. The molecule has 8 nitrogen and oxygen atoms in total. The fourth-order valence-electron chi connectivity index (χ4n) is 3.52. The topological polar surface area (TPSA) is 88.8 Å². The minimum Gasteiger partial charge on any atom is -0.354 e. The lowest BCUT2D eigenvalue weighted by Crippen LogP contribution is -2.48. The number of hydrogen-bond donors (Lipinski definition) is 1. The lowest BCUT2D eigenvalue weighted by Gasteiger charge is -2.34. The molecule has 1 atom stereocenters. The van der Waals surface area contributed by atoms with Gasteiger partial charge in [-0.25, -0.2) is 9.97 Å². The summed E-state index contributed by atoms with van der Waals surface area (Å²) in [4.78, 5) is 27.7. The number of amides is 1. The molecule has 4 rings (SSSR count). The van der Waals surface area contributed by atoms with Gasteiger partial charge in [-0.15, -0.1) is 0 Å². The molecule has 0 bridgehead atoms. The molecule has 4 heterocycles. The van der Waals surface area contributed by atoms with Gasteiger partial charge in [-0.2, -0.15) is 5.10 Å². The minimum atomic E-state index is -0.0864. The lowest BCUT2D eigenvalue weighted by molar-refractivity contribution is 0.0923. The van der Waals surface area contributed by atoms with E-state index in [1.807, 2.05) is 13.0 Å². The predicted octanol–water partition coefficient (Wildman–Crippen LogP) is 1.47. The van der Waals surface area contributed by atoms with Gasteiger partial charge in [-0.05, 0) is 31.9 Å². The van der Waals surface area contributed by atoms with E-state index >= 15 is 0 Å². The molecule has 1 amide bonds. The highest BCUT2D eigenvalue weighted by Gasteiger charge is 2.25. The van der Waals surface area contributed by atoms with Crippen LogP contribution in [0.3, 0.4) is 0 Å². The van der Waals surface area contributed by atoms with Crippen LogP contribution in [-0.2, 0) is 7.05 Å². The maximum absolute atomic E-state index is 12.6. The molecule has 3 aromatic rings. The van der Waals surface area contributed by atoms with Crippen LogP contribution in [0.15, 0.2) is 30.9 Å². The van der Waals surface area contributed by atoms with Crippen molar-refractivity contribution in [3.05, 3.63) is 42.2 Å². The van der Waals surface area contributed by atoms with E-state index in [0.29, 0.717) is 5.69 Å². The van der Waals surface area contributed by atoms with E-state index in [4.69, 9.17) is 0 Å². The zero-order valence-electron chi connectivity index (χ0n) is 14.9. The van der Waals surface area contributed by atoms with Gasteiger partial charge in [0.1, 0.15) is 17.8 Å². The summed E-state index contributed by atoms with van der Waals surface area (Å²) in [5.41, 5.74) is 2.25. The van der Waals surface area contributed by atoms with Gasteiger partial charge < -0.3 is 10.2 Å². The molecule has 8 heteroatoms. The molecule has 1 saturated heterocycles. The first kappa shape index (κ1) is 16.4. The van der Waals surface area contributed by atoms with Crippen LogP contribution in [0.25, 0.3) is 10.9 Å². The Labute approximate surface area is 151 Å². The van der Waals surface area contributed by atoms with Crippen molar-refractivity contribution in [2.75, 3.05) is 18.0 Å². The number of nitrogens with one attached hydrogen (secondary N) is 1. The molecule has 0 radical (unpaired) electrons. The van der Waals surface area contributed by atoms with E-state index in [9.17, 15) is 4.79 Å². The minimum absolute atomic E-state index is 0.0679. The first-order valence-corrected chi connectivity index (χ1v) is 8.73. The molecule has 1 aliphatic heterocycles. The van der Waals surface area contributed by atoms with Gasteiger partial charge in [-0.1, -0.05) is 0 Å². The Morgan fingerprint density at radius 3 is 3.04 bits per heavy atom. The molecule has 1 fully saturated rings. The van der Waals surface area contributed by atoms with Gasteiger partial charge in [0.05, 0.1) is 17.4 Å². The van der Waals surface area contributed by atoms with Gasteiger partial charge >= 0.3 is 0 Å². The quantitative estimate of drug-likeness (QED) is 0.769. The van der Waals surface area contributed by atoms with Crippen LogP contribution < -0.4 is 10.2 Å². The third kappa shape index (κ3) is 3.10. The largest absolute Gasteiger partial charge is 0.354 e. The first-order chi connectivity index (χ1) is 12.6. The molecule has 0 spiro atoms. The number of pyridine rings is 1. The van der Waals surface area contributed by atoms with Gasteiger partial charge in [0.2, 0.25) is 0 Å². The number of carbonyl (C=O) groups is 1. The van der Waals surface area contributed by atoms with Crippen LogP contribution in [0.5, 0.6) is 0 Å². The van der Waals surface area contributed by atoms with Gasteiger partial charge in [0.25, 0.3) is 5.91 Å². The summed E-state index contributed by atoms with van der Waals surface area (Å²) in [6.45, 7) is 3.51. The van der Waals surface area contributed by atoms with Crippen molar-refractivity contribution in [1.82, 2.24) is 30.0 Å². The van der Waals surface area contributed by atoms with Gasteiger partial charge in [0.15, 0.2) is 0 Å². The second-order valence-corrected chi connectivity index (χ2v) is 6.64. The highest BCUT2D eigenvalue weighted by atomic mass is 16.2. The average Bonchev–Trinajstić information content (AvgIpc) is 3.00. The van der Waals surface area contributed by atoms with E-state index in [2.05, 4.69) is 30.3 Å². The Morgan fingerprint density at radius 2 is 2.23 bits per heavy atom. The second-order valence-electron chi connectivity index (χ2n) is 6.64. The molecule has 1 aliphatic rings. The molecule has 1 unspecified atom stereocenters. The van der Waals surface area contributed by atoms with Gasteiger partial charge in [-0.3, -0.25) is 14.5 Å². The maximum Gasteiger partial charge on any atom is 0.269 e. The Balaban J connectivity index is 1.52. The number of fused-ring (bicyclic) bond motifs is 1. The summed E-state index contributed by atoms with van der Waals surface area (Å²) in [5, 5.41) is 8.37. The number of aryl methyl sites for hydroxylation is 2. The van der Waals surface area contributed by atoms with Crippen LogP contribution in [0.4, 0.5) is 5.82 Å². The van der Waals surface area contributed by atoms with Crippen molar-refractivity contribution < 1.29 is 4.79 Å². The summed E-state index contributed by atoms with van der Waals surface area (Å²) in [6, 6.07) is 3.81. The predicted molar refractivity (Wildman–Crippen MR) is 98.0 cm³/mol. The Kier molecular flexibility index (Phi) is 4.24. The molecular formula is C18H21N7O. The standard InChI is InChI=1S/C18H21N7O/c1-12-8-16(24(2)23-12)18(26)22-13-4-3-7-25(10-13)17-14-5-6-19-9-15(14)20-11-21-17/h5-6,8-9,11,13H,3-4,7,10H2,1-2H3,(H,22,26). The molecule has 134 valence electrons. The zero-order valence-corrected chi connectivity index (χ0v) is 14.9. The molecule has 1 N–H and O–H groups in total. The molecule has 3 aromatic heterocycles. The maximum atomic E-state index is 12.6. The Hall–Kier alpha value is -3.03. The Bertz CT molecular complexity index is 946. The molecule has 26 heavy (non-hydrogen) atoms. The van der Waals surface area contributed by atoms with Crippen LogP contribution in [0.2, 0.25) is 0 Å². The summed E-state index contributed by atoms with van der Waals surface area (Å²) in [5.74, 6) is 0.810. The second kappa shape index (κ2) is 6.70. The summed E-state index contributed by atoms with van der Waals surface area (Å²) in [7, 11) is 1.79. The number of rotatable bonds is 3. The van der Waals surface area contributed by atoms with Crippen molar-refractivity contribution in [3.63, 3.8) is 0 Å². The molecule has 0 aliphatic carbocycles. The van der Waals surface area contributed by atoms with Gasteiger partial charge in [0, 0.05) is 37.8 Å². The smallest absolute Gasteiger partial charge is 0.269 e. The summed E-state index contributed by atoms with van der Waals surface area (Å²) < 4.78 is 1.62. The van der Waals surface area contributed by atoms with E-state index in [0.717, 1.165) is 48.3 Å². The Morgan fingerprint density at radius 1 is 1.35 bits per heavy atom. The van der Waals surface area contributed by atoms with Crippen molar-refractivity contribution in [3.8, 4) is 0 Å². The number of hydrogen-bond acceptors (Lipinski definition) is 6. The van der Waals surface area contributed by atoms with E-state index in [1.54, 1.807) is 36.5 Å². The zero-order chi connectivity index (χ0) is 18.1. The van der Waals surface area contributed by atoms with Crippen LogP contribution in [0, 0.1) is 6.92 Å². The van der Waals surface area contributed by atoms with Crippen molar-refractivity contribution in [1.29, 1.82) is 0 Å². The number of piperidine rings is 1. The molecule has 0 saturated carbocycles. The fourth-order valence-corrected chi connectivity index (χ4v) is 3.52. The van der Waals surface area contributed by atoms with Crippen molar-refractivity contribution in [2.24, 2.45) is 7.05 Å². The monoisotopic (exact) mass is 351 g/mol. The van der Waals surface area contributed by atoms with E-state index in [1.165, 1.54) is 0 Å². The summed E-state index contributed by atoms with van der Waals surface area (Å²) in [6.07, 6.45) is 7.01. The highest BCUT2D eigenvalue weighted by molar-refractivity contribution is 5.93. The third-order valence-electron chi connectivity index (χ3n) is 4.71. The van der Waals surface area contributed by atoms with E-state index < -0.39 is 0 Å². The lowest BCUT2D eigenvalue weighted by atomic mass is 10.0. The van der Waals surface area contributed by atoms with Crippen molar-refractivity contribution >= 4 is 22.6 Å². The number of aromatic nitrogens is 5. The van der Waals surface area contributed by atoms with Crippen molar-refractivity contribution in [2.45, 2.75) is 25.8 Å². The SMILES string of the molecule is Cc1cc(C(=O)NC2CCCN(c3ncnc4cnccc34)C2)n(C)n1. The van der Waals surface area contributed by atoms with Crippen LogP contribution in [0.1, 0.15) is 29.0 Å². The number of anilines is 1. The molecular weight excluding hydrogens is 330 g/mol. The highest BCUT2D eigenvalue weighted by Crippen LogP contribution is 2.25. The fraction of sp³-hybridized carbons (Fsp3) is 0.389. The first-order valence-electron chi connectivity index (χ1n) is 8.73. The van der Waals surface area contributed by atoms with Crippen LogP contribution >= 0.6 is 0 Å². The normalized spacial score (nSPS) is 17.5. The third-order valence-corrected chi connectivity index (χ3v) is 4.71. The van der Waals surface area contributed by atoms with Crippen LogP contribution in [-0.4, -0.2) is 49.8 Å².